The fraction of sp³-hybridized carbons (Fsp3) is 0.375. The van der Waals surface area contributed by atoms with Crippen molar-refractivity contribution in [2.24, 2.45) is 0 Å². The first-order valence-electron chi connectivity index (χ1n) is 7.33. The average Bonchev–Trinajstić information content (AvgIpc) is 2.94. The number of para-hydroxylation sites is 1. The monoisotopic (exact) mass is 318 g/mol. The number of nitrogens with zero attached hydrogens (tertiary/aromatic N) is 1. The third kappa shape index (κ3) is 3.19. The van der Waals surface area contributed by atoms with Gasteiger partial charge in [-0.1, -0.05) is 12.1 Å². The Bertz CT molecular complexity index is 680. The van der Waals surface area contributed by atoms with Crippen molar-refractivity contribution in [1.82, 2.24) is 5.32 Å². The van der Waals surface area contributed by atoms with E-state index in [1.54, 1.807) is 23.5 Å². The van der Waals surface area contributed by atoms with Gasteiger partial charge in [-0.25, -0.2) is 0 Å². The molecule has 22 heavy (non-hydrogen) atoms. The number of hydrogen-bond donors (Lipinski definition) is 2. The maximum absolute atomic E-state index is 11.1. The standard InChI is InChI=1S/C16H18N2O3S/c19-16(8-3-9-16)11-17-10-12-6-7-15(22-12)13-4-1-2-5-14(13)18(20)21/h1-2,4-7,17,19H,3,8-11H2. The third-order valence-electron chi connectivity index (χ3n) is 4.07. The first-order chi connectivity index (χ1) is 10.6. The topological polar surface area (TPSA) is 75.4 Å². The van der Waals surface area contributed by atoms with Gasteiger partial charge in [0.05, 0.1) is 16.1 Å². The molecule has 0 radical (unpaired) electrons. The van der Waals surface area contributed by atoms with E-state index in [9.17, 15) is 15.2 Å². The largest absolute Gasteiger partial charge is 0.389 e. The Labute approximate surface area is 132 Å². The van der Waals surface area contributed by atoms with Gasteiger partial charge in [0.1, 0.15) is 0 Å². The number of hydrogen-bond acceptors (Lipinski definition) is 5. The van der Waals surface area contributed by atoms with Crippen LogP contribution < -0.4 is 5.32 Å². The Kier molecular flexibility index (Phi) is 4.24. The number of rotatable bonds is 6. The zero-order valence-corrected chi connectivity index (χ0v) is 12.9. The third-order valence-corrected chi connectivity index (χ3v) is 5.18. The molecular formula is C16H18N2O3S. The zero-order valence-electron chi connectivity index (χ0n) is 12.1. The van der Waals surface area contributed by atoms with Crippen LogP contribution in [0.5, 0.6) is 0 Å². The quantitative estimate of drug-likeness (QED) is 0.633. The molecule has 2 N–H and O–H groups in total. The van der Waals surface area contributed by atoms with Crippen LogP contribution in [0, 0.1) is 10.1 Å². The normalized spacial score (nSPS) is 16.2. The van der Waals surface area contributed by atoms with Crippen LogP contribution in [-0.4, -0.2) is 22.2 Å². The van der Waals surface area contributed by atoms with Gasteiger partial charge in [-0.05, 0) is 37.5 Å². The van der Waals surface area contributed by atoms with Gasteiger partial charge >= 0.3 is 0 Å². The minimum atomic E-state index is -0.529. The summed E-state index contributed by atoms with van der Waals surface area (Å²) in [6.45, 7) is 1.28. The van der Waals surface area contributed by atoms with Crippen LogP contribution in [0.4, 0.5) is 5.69 Å². The van der Waals surface area contributed by atoms with Gasteiger partial charge in [0.15, 0.2) is 0 Å². The minimum absolute atomic E-state index is 0.132. The maximum atomic E-state index is 11.1. The van der Waals surface area contributed by atoms with Crippen molar-refractivity contribution in [3.05, 3.63) is 51.4 Å². The Morgan fingerprint density at radius 1 is 1.27 bits per heavy atom. The summed E-state index contributed by atoms with van der Waals surface area (Å²) in [5, 5.41) is 24.4. The van der Waals surface area contributed by atoms with Crippen molar-refractivity contribution >= 4 is 17.0 Å². The molecule has 1 heterocycles. The molecule has 1 saturated carbocycles. The predicted molar refractivity (Wildman–Crippen MR) is 86.9 cm³/mol. The molecule has 1 aliphatic carbocycles. The van der Waals surface area contributed by atoms with E-state index >= 15 is 0 Å². The summed E-state index contributed by atoms with van der Waals surface area (Å²) in [4.78, 5) is 12.7. The molecule has 6 heteroatoms. The number of nitro groups is 1. The molecule has 116 valence electrons. The molecule has 0 amide bonds. The van der Waals surface area contributed by atoms with Crippen molar-refractivity contribution < 1.29 is 10.0 Å². The zero-order chi connectivity index (χ0) is 15.6. The molecule has 1 fully saturated rings. The van der Waals surface area contributed by atoms with Crippen LogP contribution in [0.2, 0.25) is 0 Å². The lowest BCUT2D eigenvalue weighted by Gasteiger charge is -2.36. The number of thiophene rings is 1. The summed E-state index contributed by atoms with van der Waals surface area (Å²) < 4.78 is 0. The molecule has 1 aromatic carbocycles. The van der Waals surface area contributed by atoms with E-state index in [4.69, 9.17) is 0 Å². The molecule has 0 saturated heterocycles. The lowest BCUT2D eigenvalue weighted by atomic mass is 9.80. The van der Waals surface area contributed by atoms with Crippen LogP contribution in [0.25, 0.3) is 10.4 Å². The van der Waals surface area contributed by atoms with Crippen molar-refractivity contribution in [3.8, 4) is 10.4 Å². The lowest BCUT2D eigenvalue weighted by molar-refractivity contribution is -0.384. The van der Waals surface area contributed by atoms with Crippen LogP contribution in [0.3, 0.4) is 0 Å². The molecule has 0 spiro atoms. The summed E-state index contributed by atoms with van der Waals surface area (Å²) in [5.74, 6) is 0. The van der Waals surface area contributed by atoms with Crippen molar-refractivity contribution in [2.75, 3.05) is 6.54 Å². The second-order valence-electron chi connectivity index (χ2n) is 5.72. The van der Waals surface area contributed by atoms with Crippen LogP contribution >= 0.6 is 11.3 Å². The molecule has 5 nitrogen and oxygen atoms in total. The number of nitrogens with one attached hydrogen (secondary N) is 1. The summed E-state index contributed by atoms with van der Waals surface area (Å²) in [7, 11) is 0. The average molecular weight is 318 g/mol. The molecule has 0 unspecified atom stereocenters. The van der Waals surface area contributed by atoms with Crippen molar-refractivity contribution in [2.45, 2.75) is 31.4 Å². The summed E-state index contributed by atoms with van der Waals surface area (Å²) >= 11 is 1.55. The van der Waals surface area contributed by atoms with Crippen LogP contribution in [-0.2, 0) is 6.54 Å². The van der Waals surface area contributed by atoms with E-state index in [-0.39, 0.29) is 10.6 Å². The van der Waals surface area contributed by atoms with E-state index in [0.29, 0.717) is 18.7 Å². The highest BCUT2D eigenvalue weighted by molar-refractivity contribution is 7.15. The molecule has 3 rings (SSSR count). The van der Waals surface area contributed by atoms with Crippen LogP contribution in [0.15, 0.2) is 36.4 Å². The molecule has 0 aliphatic heterocycles. The Morgan fingerprint density at radius 2 is 2.05 bits per heavy atom. The highest BCUT2D eigenvalue weighted by Gasteiger charge is 2.33. The minimum Gasteiger partial charge on any atom is -0.389 e. The highest BCUT2D eigenvalue weighted by atomic mass is 32.1. The molecule has 1 aromatic heterocycles. The second kappa shape index (κ2) is 6.16. The number of nitro benzene ring substituents is 1. The molecule has 0 atom stereocenters. The highest BCUT2D eigenvalue weighted by Crippen LogP contribution is 2.35. The molecule has 2 aromatic rings. The smallest absolute Gasteiger partial charge is 0.278 e. The van der Waals surface area contributed by atoms with E-state index < -0.39 is 5.60 Å². The fourth-order valence-corrected chi connectivity index (χ4v) is 3.65. The van der Waals surface area contributed by atoms with Gasteiger partial charge in [0.2, 0.25) is 0 Å². The Balaban J connectivity index is 1.67. The van der Waals surface area contributed by atoms with Gasteiger partial charge < -0.3 is 10.4 Å². The molecule has 0 bridgehead atoms. The van der Waals surface area contributed by atoms with E-state index in [1.807, 2.05) is 18.2 Å². The van der Waals surface area contributed by atoms with Gasteiger partial charge in [-0.3, -0.25) is 10.1 Å². The van der Waals surface area contributed by atoms with E-state index in [0.717, 1.165) is 29.0 Å². The van der Waals surface area contributed by atoms with Crippen molar-refractivity contribution in [1.29, 1.82) is 0 Å². The second-order valence-corrected chi connectivity index (χ2v) is 6.89. The van der Waals surface area contributed by atoms with Gasteiger partial charge in [0, 0.05) is 28.9 Å². The summed E-state index contributed by atoms with van der Waals surface area (Å²) in [5.41, 5.74) is 0.257. The van der Waals surface area contributed by atoms with Gasteiger partial charge in [0.25, 0.3) is 5.69 Å². The summed E-state index contributed by atoms with van der Waals surface area (Å²) in [6.07, 6.45) is 2.83. The first-order valence-corrected chi connectivity index (χ1v) is 8.15. The fourth-order valence-electron chi connectivity index (χ4n) is 2.64. The van der Waals surface area contributed by atoms with Gasteiger partial charge in [-0.15, -0.1) is 11.3 Å². The summed E-state index contributed by atoms with van der Waals surface area (Å²) in [6, 6.07) is 10.7. The first kappa shape index (κ1) is 15.1. The SMILES string of the molecule is O=[N+]([O-])c1ccccc1-c1ccc(CNCC2(O)CCC2)s1. The predicted octanol–water partition coefficient (Wildman–Crippen LogP) is 3.33. The number of benzene rings is 1. The van der Waals surface area contributed by atoms with Gasteiger partial charge in [-0.2, -0.15) is 0 Å². The van der Waals surface area contributed by atoms with Crippen molar-refractivity contribution in [3.63, 3.8) is 0 Å². The maximum Gasteiger partial charge on any atom is 0.278 e. The number of aliphatic hydroxyl groups is 1. The molecule has 1 aliphatic rings. The Hall–Kier alpha value is -1.76. The molecular weight excluding hydrogens is 300 g/mol. The van der Waals surface area contributed by atoms with E-state index in [2.05, 4.69) is 5.32 Å². The lowest BCUT2D eigenvalue weighted by Crippen LogP contribution is -2.45. The Morgan fingerprint density at radius 3 is 2.73 bits per heavy atom. The van der Waals surface area contributed by atoms with Crippen LogP contribution in [0.1, 0.15) is 24.1 Å². The van der Waals surface area contributed by atoms with E-state index in [1.165, 1.54) is 6.07 Å².